The van der Waals surface area contributed by atoms with Gasteiger partial charge in [0.2, 0.25) is 0 Å². The fourth-order valence-electron chi connectivity index (χ4n) is 9.11. The fourth-order valence-corrected chi connectivity index (χ4v) is 9.11. The van der Waals surface area contributed by atoms with Gasteiger partial charge in [-0.1, -0.05) is 33.8 Å². The summed E-state index contributed by atoms with van der Waals surface area (Å²) in [6, 6.07) is 0. The van der Waals surface area contributed by atoms with Crippen LogP contribution in [0.4, 0.5) is 0 Å². The molecule has 0 aromatic carbocycles. The Labute approximate surface area is 209 Å². The number of nitrogens with zero attached hydrogens (tertiary/aromatic N) is 1. The van der Waals surface area contributed by atoms with E-state index in [-0.39, 0.29) is 46.6 Å². The van der Waals surface area contributed by atoms with Crippen LogP contribution in [0.2, 0.25) is 0 Å². The zero-order valence-electron chi connectivity index (χ0n) is 22.0. The molecule has 2 aliphatic heterocycles. The van der Waals surface area contributed by atoms with Gasteiger partial charge in [-0.25, -0.2) is 0 Å². The maximum Gasteiger partial charge on any atom is 0.313 e. The number of rotatable bonds is 5. The third-order valence-corrected chi connectivity index (χ3v) is 11.8. The van der Waals surface area contributed by atoms with Crippen molar-refractivity contribution in [2.75, 3.05) is 19.6 Å². The highest BCUT2D eigenvalue weighted by atomic mass is 16.5. The Kier molecular flexibility index (Phi) is 5.92. The lowest BCUT2D eigenvalue weighted by molar-refractivity contribution is -0.206. The summed E-state index contributed by atoms with van der Waals surface area (Å²) in [5, 5.41) is 11.6. The zero-order chi connectivity index (χ0) is 25.4. The Morgan fingerprint density at radius 3 is 2.46 bits per heavy atom. The number of esters is 1. The number of aliphatic hydroxyl groups excluding tert-OH is 1. The van der Waals surface area contributed by atoms with Crippen LogP contribution in [0.25, 0.3) is 0 Å². The summed E-state index contributed by atoms with van der Waals surface area (Å²) < 4.78 is 6.27. The minimum atomic E-state index is -0.684. The van der Waals surface area contributed by atoms with Crippen molar-refractivity contribution in [2.45, 2.75) is 91.3 Å². The molecule has 5 fully saturated rings. The van der Waals surface area contributed by atoms with Gasteiger partial charge in [0, 0.05) is 35.1 Å². The molecular weight excluding hydrogens is 442 g/mol. The largest absolute Gasteiger partial charge is 0.461 e. The van der Waals surface area contributed by atoms with E-state index in [0.29, 0.717) is 12.8 Å². The molecule has 6 heteroatoms. The van der Waals surface area contributed by atoms with Crippen molar-refractivity contribution in [1.29, 1.82) is 0 Å². The molecule has 0 spiro atoms. The van der Waals surface area contributed by atoms with E-state index in [0.717, 1.165) is 51.7 Å². The van der Waals surface area contributed by atoms with Gasteiger partial charge in [0.1, 0.15) is 18.3 Å². The van der Waals surface area contributed by atoms with Crippen molar-refractivity contribution in [2.24, 2.45) is 39.4 Å². The monoisotopic (exact) mass is 485 g/mol. The number of fused-ring (bicyclic) bond motifs is 2. The maximum absolute atomic E-state index is 13.5. The third kappa shape index (κ3) is 3.45. The molecule has 3 aliphatic carbocycles. The van der Waals surface area contributed by atoms with Gasteiger partial charge in [-0.05, 0) is 68.9 Å². The van der Waals surface area contributed by atoms with Crippen molar-refractivity contribution in [1.82, 2.24) is 4.90 Å². The van der Waals surface area contributed by atoms with Crippen LogP contribution in [0.5, 0.6) is 0 Å². The third-order valence-electron chi connectivity index (χ3n) is 11.8. The highest BCUT2D eigenvalue weighted by Crippen LogP contribution is 2.68. The molecule has 0 radical (unpaired) electrons. The summed E-state index contributed by atoms with van der Waals surface area (Å²) in [5.74, 6) is -0.356. The molecule has 2 saturated heterocycles. The quantitative estimate of drug-likeness (QED) is 0.361. The number of ketones is 2. The van der Waals surface area contributed by atoms with Crippen molar-refractivity contribution in [3.8, 4) is 0 Å². The first-order chi connectivity index (χ1) is 16.4. The summed E-state index contributed by atoms with van der Waals surface area (Å²) in [6.07, 6.45) is 5.57. The lowest BCUT2D eigenvalue weighted by Crippen LogP contribution is -2.63. The molecule has 0 aromatic heterocycles. The molecule has 4 bridgehead atoms. The van der Waals surface area contributed by atoms with E-state index in [1.807, 2.05) is 13.0 Å². The minimum Gasteiger partial charge on any atom is -0.461 e. The number of carbonyl (C=O) groups excluding carboxylic acids is 3. The fraction of sp³-hybridized carbons (Fsp3) is 0.828. The van der Waals surface area contributed by atoms with E-state index in [4.69, 9.17) is 4.74 Å². The van der Waals surface area contributed by atoms with Gasteiger partial charge < -0.3 is 14.7 Å². The van der Waals surface area contributed by atoms with Crippen LogP contribution in [0.1, 0.15) is 79.1 Å². The average molecular weight is 486 g/mol. The SMILES string of the molecule is C=C[C@@]1(C)C[C@@H](OC(=O)CC(=O)C23CCN(CC2)C3)[C@]2(C)C(C)CC[C@]3(CCC(=O)C32)[C@@H](C)[C@@H]1O. The van der Waals surface area contributed by atoms with E-state index < -0.39 is 29.0 Å². The van der Waals surface area contributed by atoms with Gasteiger partial charge in [0.05, 0.1) is 6.10 Å². The standard InChI is InChI=1S/C29H43NO5/c1-6-26(4)16-22(35-23(33)15-21(32)28-11-13-30(17-28)14-12-28)27(5)18(2)7-9-29(19(3)25(26)34)10-8-20(31)24(27)29/h6,18-19,22,24-25,34H,1,7-17H2,2-5H3/t18?,19-,22+,24?,25-,26-,27-,29-/m0/s1. The average Bonchev–Trinajstić information content (AvgIpc) is 3.54. The van der Waals surface area contributed by atoms with Gasteiger partial charge in [-0.15, -0.1) is 6.58 Å². The van der Waals surface area contributed by atoms with E-state index in [2.05, 4.69) is 32.3 Å². The second kappa shape index (κ2) is 8.24. The van der Waals surface area contributed by atoms with Crippen LogP contribution in [0.15, 0.2) is 12.7 Å². The summed E-state index contributed by atoms with van der Waals surface area (Å²) in [4.78, 5) is 42.4. The summed E-state index contributed by atoms with van der Waals surface area (Å²) in [6.45, 7) is 15.1. The minimum absolute atomic E-state index is 0.00150. The van der Waals surface area contributed by atoms with Crippen LogP contribution in [0.3, 0.4) is 0 Å². The van der Waals surface area contributed by atoms with Crippen LogP contribution in [-0.4, -0.2) is 59.4 Å². The van der Waals surface area contributed by atoms with Crippen molar-refractivity contribution in [3.63, 3.8) is 0 Å². The molecule has 0 amide bonds. The van der Waals surface area contributed by atoms with Crippen molar-refractivity contribution >= 4 is 17.5 Å². The Bertz CT molecular complexity index is 937. The molecule has 5 rings (SSSR count). The predicted octanol–water partition coefficient (Wildman–Crippen LogP) is 3.95. The lowest BCUT2D eigenvalue weighted by atomic mass is 9.44. The molecule has 35 heavy (non-hydrogen) atoms. The number of hydrogen-bond acceptors (Lipinski definition) is 6. The van der Waals surface area contributed by atoms with Gasteiger partial charge >= 0.3 is 5.97 Å². The van der Waals surface area contributed by atoms with E-state index in [1.54, 1.807) is 0 Å². The van der Waals surface area contributed by atoms with Gasteiger partial charge in [0.25, 0.3) is 0 Å². The van der Waals surface area contributed by atoms with E-state index in [1.165, 1.54) is 0 Å². The number of piperidine rings is 1. The highest BCUT2D eigenvalue weighted by Gasteiger charge is 2.68. The molecule has 5 aliphatic rings. The summed E-state index contributed by atoms with van der Waals surface area (Å²) in [5.41, 5.74) is -1.88. The van der Waals surface area contributed by atoms with Gasteiger partial charge in [0.15, 0.2) is 5.78 Å². The van der Waals surface area contributed by atoms with Crippen molar-refractivity contribution in [3.05, 3.63) is 12.7 Å². The first-order valence-corrected chi connectivity index (χ1v) is 13.7. The molecular formula is C29H43NO5. The molecule has 194 valence electrons. The molecule has 1 N–H and O–H groups in total. The lowest BCUT2D eigenvalue weighted by Gasteiger charge is -2.61. The van der Waals surface area contributed by atoms with Crippen LogP contribution >= 0.6 is 0 Å². The summed E-state index contributed by atoms with van der Waals surface area (Å²) >= 11 is 0. The molecule has 2 heterocycles. The highest BCUT2D eigenvalue weighted by molar-refractivity contribution is 5.99. The predicted molar refractivity (Wildman–Crippen MR) is 132 cm³/mol. The second-order valence-corrected chi connectivity index (χ2v) is 13.2. The normalized spacial score (nSPS) is 50.8. The first kappa shape index (κ1) is 25.1. The number of carbonyl (C=O) groups is 3. The molecule has 0 aromatic rings. The molecule has 2 unspecified atom stereocenters. The zero-order valence-corrected chi connectivity index (χ0v) is 22.0. The van der Waals surface area contributed by atoms with Crippen LogP contribution < -0.4 is 0 Å². The Hall–Kier alpha value is -1.53. The summed E-state index contributed by atoms with van der Waals surface area (Å²) in [7, 11) is 0. The van der Waals surface area contributed by atoms with Gasteiger partial charge in [-0.2, -0.15) is 0 Å². The molecule has 3 saturated carbocycles. The number of Topliss-reactive ketones (excluding diaryl/α,β-unsaturated/α-hetero) is 2. The van der Waals surface area contributed by atoms with E-state index in [9.17, 15) is 19.5 Å². The molecule has 8 atom stereocenters. The van der Waals surface area contributed by atoms with Crippen LogP contribution in [0, 0.1) is 39.4 Å². The number of aliphatic hydroxyl groups is 1. The van der Waals surface area contributed by atoms with E-state index >= 15 is 0 Å². The maximum atomic E-state index is 13.5. The number of ether oxygens (including phenoxy) is 1. The topological polar surface area (TPSA) is 83.9 Å². The smallest absolute Gasteiger partial charge is 0.313 e. The van der Waals surface area contributed by atoms with Crippen molar-refractivity contribution < 1.29 is 24.2 Å². The Morgan fingerprint density at radius 2 is 1.86 bits per heavy atom. The Morgan fingerprint density at radius 1 is 1.17 bits per heavy atom. The second-order valence-electron chi connectivity index (χ2n) is 13.2. The van der Waals surface area contributed by atoms with Crippen LogP contribution in [-0.2, 0) is 19.1 Å². The van der Waals surface area contributed by atoms with Gasteiger partial charge in [-0.3, -0.25) is 14.4 Å². The Balaban J connectivity index is 1.48. The molecule has 6 nitrogen and oxygen atoms in total. The number of hydrogen-bond donors (Lipinski definition) is 1. The first-order valence-electron chi connectivity index (χ1n) is 13.7.